The van der Waals surface area contributed by atoms with Crippen molar-refractivity contribution in [1.82, 2.24) is 14.9 Å². The van der Waals surface area contributed by atoms with E-state index in [1.54, 1.807) is 12.5 Å². The lowest BCUT2D eigenvalue weighted by molar-refractivity contribution is 0.0932. The summed E-state index contributed by atoms with van der Waals surface area (Å²) in [6.07, 6.45) is 6.39. The van der Waals surface area contributed by atoms with Gasteiger partial charge in [-0.05, 0) is 35.6 Å². The molecule has 4 heteroatoms. The number of rotatable bonds is 7. The number of carbonyl (C=O) groups excluding carboxylic acids is 1. The first-order valence-corrected chi connectivity index (χ1v) is 9.02. The van der Waals surface area contributed by atoms with Crippen LogP contribution in [-0.2, 0) is 6.54 Å². The average molecular weight is 347 g/mol. The van der Waals surface area contributed by atoms with Crippen LogP contribution in [0.2, 0.25) is 0 Å². The van der Waals surface area contributed by atoms with Crippen LogP contribution >= 0.6 is 0 Å². The fraction of sp³-hybridized carbons (Fsp3) is 0.273. The average Bonchev–Trinajstić information content (AvgIpc) is 3.15. The number of aromatic nitrogens is 2. The van der Waals surface area contributed by atoms with E-state index < -0.39 is 0 Å². The first kappa shape index (κ1) is 17.9. The van der Waals surface area contributed by atoms with Gasteiger partial charge in [0.05, 0.1) is 12.4 Å². The van der Waals surface area contributed by atoms with Crippen LogP contribution in [0.25, 0.3) is 0 Å². The molecule has 0 bridgehead atoms. The van der Waals surface area contributed by atoms with Crippen LogP contribution in [0.3, 0.4) is 0 Å². The SMILES string of the molecule is CC(C)C[C@@H](NC(=O)c1ccc(Cn2ccnc2)cc1)c1ccccc1. The monoisotopic (exact) mass is 347 g/mol. The summed E-state index contributed by atoms with van der Waals surface area (Å²) >= 11 is 0. The summed E-state index contributed by atoms with van der Waals surface area (Å²) in [5.41, 5.74) is 2.97. The zero-order valence-corrected chi connectivity index (χ0v) is 15.3. The van der Waals surface area contributed by atoms with Gasteiger partial charge in [0, 0.05) is 24.5 Å². The Balaban J connectivity index is 1.69. The third-order valence-corrected chi connectivity index (χ3v) is 4.35. The Kier molecular flexibility index (Phi) is 5.84. The van der Waals surface area contributed by atoms with Gasteiger partial charge >= 0.3 is 0 Å². The molecule has 1 atom stereocenters. The molecule has 2 aromatic carbocycles. The van der Waals surface area contributed by atoms with Crippen molar-refractivity contribution in [3.05, 3.63) is 90.0 Å². The number of nitrogens with one attached hydrogen (secondary N) is 1. The largest absolute Gasteiger partial charge is 0.345 e. The normalized spacial score (nSPS) is 12.1. The first-order chi connectivity index (χ1) is 12.6. The predicted octanol–water partition coefficient (Wildman–Crippen LogP) is 4.45. The van der Waals surface area contributed by atoms with E-state index in [0.29, 0.717) is 11.5 Å². The fourth-order valence-corrected chi connectivity index (χ4v) is 3.03. The molecule has 0 fully saturated rings. The molecule has 0 unspecified atom stereocenters. The van der Waals surface area contributed by atoms with Crippen LogP contribution in [0.1, 0.15) is 47.8 Å². The van der Waals surface area contributed by atoms with E-state index in [2.05, 4.69) is 36.3 Å². The van der Waals surface area contributed by atoms with Crippen molar-refractivity contribution in [3.63, 3.8) is 0 Å². The van der Waals surface area contributed by atoms with Crippen molar-refractivity contribution in [2.45, 2.75) is 32.9 Å². The number of nitrogens with zero attached hydrogens (tertiary/aromatic N) is 2. The summed E-state index contributed by atoms with van der Waals surface area (Å²) in [5, 5.41) is 3.19. The Morgan fingerprint density at radius 3 is 2.42 bits per heavy atom. The lowest BCUT2D eigenvalue weighted by Gasteiger charge is -2.21. The summed E-state index contributed by atoms with van der Waals surface area (Å²) in [6.45, 7) is 5.10. The smallest absolute Gasteiger partial charge is 0.251 e. The van der Waals surface area contributed by atoms with E-state index >= 15 is 0 Å². The van der Waals surface area contributed by atoms with Crippen molar-refractivity contribution in [3.8, 4) is 0 Å². The lowest BCUT2D eigenvalue weighted by Crippen LogP contribution is -2.29. The Morgan fingerprint density at radius 2 is 1.81 bits per heavy atom. The highest BCUT2D eigenvalue weighted by Gasteiger charge is 2.17. The summed E-state index contributed by atoms with van der Waals surface area (Å²) in [4.78, 5) is 16.8. The Labute approximate surface area is 154 Å². The number of imidazole rings is 1. The van der Waals surface area contributed by atoms with Gasteiger partial charge in [0.2, 0.25) is 0 Å². The Hall–Kier alpha value is -2.88. The summed E-state index contributed by atoms with van der Waals surface area (Å²) in [7, 11) is 0. The standard InChI is InChI=1S/C22H25N3O/c1-17(2)14-21(19-6-4-3-5-7-19)24-22(26)20-10-8-18(9-11-20)15-25-13-12-23-16-25/h3-13,16-17,21H,14-15H2,1-2H3,(H,24,26)/t21-/m1/s1. The molecule has 0 spiro atoms. The maximum absolute atomic E-state index is 12.7. The number of amides is 1. The molecule has 4 nitrogen and oxygen atoms in total. The van der Waals surface area contributed by atoms with Gasteiger partial charge in [-0.1, -0.05) is 56.3 Å². The summed E-state index contributed by atoms with van der Waals surface area (Å²) in [5.74, 6) is 0.465. The van der Waals surface area contributed by atoms with Gasteiger partial charge in [-0.15, -0.1) is 0 Å². The van der Waals surface area contributed by atoms with E-state index in [1.807, 2.05) is 53.2 Å². The van der Waals surface area contributed by atoms with Gasteiger partial charge < -0.3 is 9.88 Å². The van der Waals surface area contributed by atoms with Crippen molar-refractivity contribution in [1.29, 1.82) is 0 Å². The number of hydrogen-bond acceptors (Lipinski definition) is 2. The highest BCUT2D eigenvalue weighted by molar-refractivity contribution is 5.94. The lowest BCUT2D eigenvalue weighted by atomic mass is 9.96. The minimum Gasteiger partial charge on any atom is -0.345 e. The van der Waals surface area contributed by atoms with E-state index in [9.17, 15) is 4.79 Å². The molecular formula is C22H25N3O. The topological polar surface area (TPSA) is 46.9 Å². The minimum atomic E-state index is -0.0336. The zero-order valence-electron chi connectivity index (χ0n) is 15.3. The van der Waals surface area contributed by atoms with Crippen molar-refractivity contribution in [2.75, 3.05) is 0 Å². The summed E-state index contributed by atoms with van der Waals surface area (Å²) in [6, 6.07) is 18.0. The Bertz CT molecular complexity index is 808. The molecule has 0 aliphatic rings. The second-order valence-electron chi connectivity index (χ2n) is 7.00. The van der Waals surface area contributed by atoms with Gasteiger partial charge in [0.15, 0.2) is 0 Å². The van der Waals surface area contributed by atoms with Crippen molar-refractivity contribution >= 4 is 5.91 Å². The van der Waals surface area contributed by atoms with Crippen LogP contribution in [0.15, 0.2) is 73.3 Å². The first-order valence-electron chi connectivity index (χ1n) is 9.02. The molecule has 0 aliphatic carbocycles. The number of hydrogen-bond donors (Lipinski definition) is 1. The molecular weight excluding hydrogens is 322 g/mol. The molecule has 1 aromatic heterocycles. The molecule has 3 rings (SSSR count). The van der Waals surface area contributed by atoms with Gasteiger partial charge in [0.1, 0.15) is 0 Å². The van der Waals surface area contributed by atoms with Crippen molar-refractivity contribution in [2.24, 2.45) is 5.92 Å². The highest BCUT2D eigenvalue weighted by Crippen LogP contribution is 2.21. The zero-order chi connectivity index (χ0) is 18.4. The molecule has 0 aliphatic heterocycles. The second-order valence-corrected chi connectivity index (χ2v) is 7.00. The molecule has 0 saturated heterocycles. The van der Waals surface area contributed by atoms with E-state index in [-0.39, 0.29) is 11.9 Å². The van der Waals surface area contributed by atoms with E-state index in [1.165, 1.54) is 0 Å². The van der Waals surface area contributed by atoms with Gasteiger partial charge in [-0.3, -0.25) is 4.79 Å². The summed E-state index contributed by atoms with van der Waals surface area (Å²) < 4.78 is 2.00. The van der Waals surface area contributed by atoms with Crippen LogP contribution in [0.5, 0.6) is 0 Å². The molecule has 0 saturated carbocycles. The third-order valence-electron chi connectivity index (χ3n) is 4.35. The second kappa shape index (κ2) is 8.48. The molecule has 1 amide bonds. The molecule has 1 heterocycles. The van der Waals surface area contributed by atoms with Crippen LogP contribution in [-0.4, -0.2) is 15.5 Å². The molecule has 0 radical (unpaired) electrons. The third kappa shape index (κ3) is 4.82. The van der Waals surface area contributed by atoms with Crippen LogP contribution in [0, 0.1) is 5.92 Å². The van der Waals surface area contributed by atoms with Gasteiger partial charge in [-0.25, -0.2) is 4.98 Å². The van der Waals surface area contributed by atoms with Crippen LogP contribution in [0.4, 0.5) is 0 Å². The van der Waals surface area contributed by atoms with Gasteiger partial charge in [-0.2, -0.15) is 0 Å². The Morgan fingerprint density at radius 1 is 1.08 bits per heavy atom. The molecule has 134 valence electrons. The molecule has 3 aromatic rings. The number of carbonyl (C=O) groups is 1. The predicted molar refractivity (Wildman–Crippen MR) is 104 cm³/mol. The van der Waals surface area contributed by atoms with Crippen molar-refractivity contribution < 1.29 is 4.79 Å². The minimum absolute atomic E-state index is 0.0225. The van der Waals surface area contributed by atoms with Gasteiger partial charge in [0.25, 0.3) is 5.91 Å². The highest BCUT2D eigenvalue weighted by atomic mass is 16.1. The van der Waals surface area contributed by atoms with E-state index in [0.717, 1.165) is 24.1 Å². The number of benzene rings is 2. The maximum atomic E-state index is 12.7. The van der Waals surface area contributed by atoms with E-state index in [4.69, 9.17) is 0 Å². The maximum Gasteiger partial charge on any atom is 0.251 e. The molecule has 1 N–H and O–H groups in total. The van der Waals surface area contributed by atoms with Crippen LogP contribution < -0.4 is 5.32 Å². The quantitative estimate of drug-likeness (QED) is 0.686. The molecule has 26 heavy (non-hydrogen) atoms. The fourth-order valence-electron chi connectivity index (χ4n) is 3.03.